The second-order valence-electron chi connectivity index (χ2n) is 4.38. The molecule has 0 heterocycles. The van der Waals surface area contributed by atoms with E-state index in [1.165, 1.54) is 0 Å². The number of rotatable bonds is 5. The molecule has 3 heteroatoms. The SMILES string of the molecule is C=CCC1(C(=C)C=C)CCC(C(=N)OI)C1. The van der Waals surface area contributed by atoms with Crippen molar-refractivity contribution >= 4 is 28.9 Å². The molecule has 0 aromatic heterocycles. The summed E-state index contributed by atoms with van der Waals surface area (Å²) < 4.78 is 4.99. The molecule has 16 heavy (non-hydrogen) atoms. The zero-order valence-corrected chi connectivity index (χ0v) is 11.6. The van der Waals surface area contributed by atoms with Crippen LogP contribution in [0, 0.1) is 16.7 Å². The van der Waals surface area contributed by atoms with E-state index in [9.17, 15) is 0 Å². The molecule has 2 atom stereocenters. The van der Waals surface area contributed by atoms with Gasteiger partial charge in [-0.15, -0.1) is 6.58 Å². The van der Waals surface area contributed by atoms with E-state index in [1.54, 1.807) is 23.0 Å². The van der Waals surface area contributed by atoms with Gasteiger partial charge in [-0.05, 0) is 36.7 Å². The molecular weight excluding hydrogens is 313 g/mol. The van der Waals surface area contributed by atoms with Crippen LogP contribution in [0.2, 0.25) is 0 Å². The first-order valence-electron chi connectivity index (χ1n) is 5.39. The molecule has 1 aliphatic carbocycles. The first kappa shape index (κ1) is 13.5. The minimum Gasteiger partial charge on any atom is -0.412 e. The highest BCUT2D eigenvalue weighted by molar-refractivity contribution is 14.1. The van der Waals surface area contributed by atoms with Crippen molar-refractivity contribution in [2.24, 2.45) is 11.3 Å². The number of halogens is 1. The van der Waals surface area contributed by atoms with Crippen molar-refractivity contribution in [2.45, 2.75) is 25.7 Å². The van der Waals surface area contributed by atoms with E-state index in [0.717, 1.165) is 31.3 Å². The molecule has 0 spiro atoms. The second kappa shape index (κ2) is 5.66. The standard InChI is InChI=1S/C13H18INO/c1-4-7-13(10(3)5-2)8-6-11(9-13)12(15)16-14/h4-5,11,15H,1-3,6-9H2. The molecule has 1 rings (SSSR count). The molecule has 1 aliphatic rings. The van der Waals surface area contributed by atoms with Crippen LogP contribution in [0.25, 0.3) is 0 Å². The average molecular weight is 331 g/mol. The summed E-state index contributed by atoms with van der Waals surface area (Å²) in [6, 6.07) is 0. The highest BCUT2D eigenvalue weighted by Crippen LogP contribution is 2.50. The van der Waals surface area contributed by atoms with Crippen LogP contribution in [0.5, 0.6) is 0 Å². The number of hydrogen-bond acceptors (Lipinski definition) is 2. The van der Waals surface area contributed by atoms with Crippen LogP contribution in [-0.4, -0.2) is 5.90 Å². The van der Waals surface area contributed by atoms with E-state index >= 15 is 0 Å². The highest BCUT2D eigenvalue weighted by Gasteiger charge is 2.41. The Labute approximate surface area is 112 Å². The number of hydrogen-bond donors (Lipinski definition) is 1. The Hall–Kier alpha value is -0.580. The summed E-state index contributed by atoms with van der Waals surface area (Å²) in [4.78, 5) is 0. The fourth-order valence-corrected chi connectivity index (χ4v) is 2.87. The third-order valence-corrected chi connectivity index (χ3v) is 4.00. The monoisotopic (exact) mass is 331 g/mol. The molecule has 2 unspecified atom stereocenters. The molecular formula is C13H18INO. The topological polar surface area (TPSA) is 33.1 Å². The van der Waals surface area contributed by atoms with E-state index in [-0.39, 0.29) is 11.3 Å². The van der Waals surface area contributed by atoms with Gasteiger partial charge in [-0.25, -0.2) is 0 Å². The van der Waals surface area contributed by atoms with Gasteiger partial charge in [0.15, 0.2) is 28.9 Å². The fraction of sp³-hybridized carbons (Fsp3) is 0.462. The lowest BCUT2D eigenvalue weighted by Crippen LogP contribution is -2.19. The summed E-state index contributed by atoms with van der Waals surface area (Å²) in [7, 11) is 0. The van der Waals surface area contributed by atoms with Gasteiger partial charge in [0, 0.05) is 5.92 Å². The Kier molecular flexibility index (Phi) is 4.77. The average Bonchev–Trinajstić information content (AvgIpc) is 2.73. The predicted octanol–water partition coefficient (Wildman–Crippen LogP) is 4.44. The third kappa shape index (κ3) is 2.56. The molecule has 0 aliphatic heterocycles. The van der Waals surface area contributed by atoms with Crippen molar-refractivity contribution in [3.05, 3.63) is 37.5 Å². The lowest BCUT2D eigenvalue weighted by Gasteiger charge is -2.29. The number of allylic oxidation sites excluding steroid dienone is 3. The van der Waals surface area contributed by atoms with Crippen LogP contribution >= 0.6 is 23.0 Å². The van der Waals surface area contributed by atoms with Crippen LogP contribution in [0.1, 0.15) is 25.7 Å². The Balaban J connectivity index is 2.83. The smallest absolute Gasteiger partial charge is 0.195 e. The van der Waals surface area contributed by atoms with Gasteiger partial charge >= 0.3 is 0 Å². The molecule has 2 nitrogen and oxygen atoms in total. The maximum absolute atomic E-state index is 7.73. The summed E-state index contributed by atoms with van der Waals surface area (Å²) in [5.41, 5.74) is 1.12. The molecule has 0 saturated heterocycles. The molecule has 0 aromatic rings. The predicted molar refractivity (Wildman–Crippen MR) is 76.8 cm³/mol. The lowest BCUT2D eigenvalue weighted by atomic mass is 9.75. The van der Waals surface area contributed by atoms with E-state index in [0.29, 0.717) is 5.90 Å². The Bertz CT molecular complexity index is 324. The lowest BCUT2D eigenvalue weighted by molar-refractivity contribution is 0.373. The van der Waals surface area contributed by atoms with Crippen molar-refractivity contribution in [2.75, 3.05) is 0 Å². The summed E-state index contributed by atoms with van der Waals surface area (Å²) >= 11 is 1.78. The van der Waals surface area contributed by atoms with Crippen molar-refractivity contribution in [3.63, 3.8) is 0 Å². The Morgan fingerprint density at radius 3 is 2.75 bits per heavy atom. The number of nitrogens with one attached hydrogen (secondary N) is 1. The van der Waals surface area contributed by atoms with E-state index in [2.05, 4.69) is 19.7 Å². The zero-order chi connectivity index (χ0) is 12.2. The van der Waals surface area contributed by atoms with E-state index in [4.69, 9.17) is 8.48 Å². The molecule has 0 aromatic carbocycles. The van der Waals surface area contributed by atoms with Crippen LogP contribution in [-0.2, 0) is 3.07 Å². The normalized spacial score (nSPS) is 28.4. The highest BCUT2D eigenvalue weighted by atomic mass is 127. The molecule has 88 valence electrons. The Morgan fingerprint density at radius 2 is 2.25 bits per heavy atom. The first-order valence-corrected chi connectivity index (χ1v) is 6.27. The molecule has 0 bridgehead atoms. The van der Waals surface area contributed by atoms with Gasteiger partial charge in [0.2, 0.25) is 0 Å². The third-order valence-electron chi connectivity index (χ3n) is 3.53. The van der Waals surface area contributed by atoms with Crippen LogP contribution in [0.4, 0.5) is 0 Å². The van der Waals surface area contributed by atoms with Gasteiger partial charge < -0.3 is 3.07 Å². The maximum Gasteiger partial charge on any atom is 0.195 e. The largest absolute Gasteiger partial charge is 0.412 e. The van der Waals surface area contributed by atoms with Gasteiger partial charge in [-0.3, -0.25) is 5.41 Å². The van der Waals surface area contributed by atoms with E-state index in [1.807, 2.05) is 12.2 Å². The molecule has 1 saturated carbocycles. The molecule has 0 amide bonds. The van der Waals surface area contributed by atoms with Crippen molar-refractivity contribution in [3.8, 4) is 0 Å². The molecule has 1 N–H and O–H groups in total. The summed E-state index contributed by atoms with van der Waals surface area (Å²) in [5, 5.41) is 7.73. The van der Waals surface area contributed by atoms with Gasteiger partial charge in [0.1, 0.15) is 0 Å². The van der Waals surface area contributed by atoms with Crippen molar-refractivity contribution in [1.29, 1.82) is 5.41 Å². The van der Waals surface area contributed by atoms with Gasteiger partial charge in [-0.2, -0.15) is 0 Å². The minimum absolute atomic E-state index is 0.0512. The van der Waals surface area contributed by atoms with Gasteiger partial charge in [-0.1, -0.05) is 25.3 Å². The minimum atomic E-state index is 0.0512. The van der Waals surface area contributed by atoms with Gasteiger partial charge in [0.05, 0.1) is 0 Å². The van der Waals surface area contributed by atoms with Crippen LogP contribution < -0.4 is 0 Å². The van der Waals surface area contributed by atoms with Crippen molar-refractivity contribution < 1.29 is 3.07 Å². The van der Waals surface area contributed by atoms with Crippen molar-refractivity contribution in [1.82, 2.24) is 0 Å². The first-order chi connectivity index (χ1) is 7.59. The summed E-state index contributed by atoms with van der Waals surface area (Å²) in [6.07, 6.45) is 7.63. The molecule has 1 fully saturated rings. The van der Waals surface area contributed by atoms with Gasteiger partial charge in [0.25, 0.3) is 0 Å². The fourth-order valence-electron chi connectivity index (χ4n) is 2.51. The van der Waals surface area contributed by atoms with Crippen LogP contribution in [0.15, 0.2) is 37.5 Å². The summed E-state index contributed by atoms with van der Waals surface area (Å²) in [6.45, 7) is 11.7. The second-order valence-corrected chi connectivity index (χ2v) is 4.82. The molecule has 0 radical (unpaired) electrons. The summed E-state index contributed by atoms with van der Waals surface area (Å²) in [5.74, 6) is 0.594. The van der Waals surface area contributed by atoms with E-state index < -0.39 is 0 Å². The maximum atomic E-state index is 7.73. The zero-order valence-electron chi connectivity index (χ0n) is 9.47. The van der Waals surface area contributed by atoms with Crippen LogP contribution in [0.3, 0.4) is 0 Å². The Morgan fingerprint density at radius 1 is 1.56 bits per heavy atom. The quantitative estimate of drug-likeness (QED) is 0.261.